The molecule has 0 unspecified atom stereocenters. The van der Waals surface area contributed by atoms with E-state index < -0.39 is 0 Å². The van der Waals surface area contributed by atoms with E-state index in [1.54, 1.807) is 24.8 Å². The van der Waals surface area contributed by atoms with Gasteiger partial charge in [0, 0.05) is 52.6 Å². The van der Waals surface area contributed by atoms with E-state index >= 15 is 0 Å². The average Bonchev–Trinajstić information content (AvgIpc) is 3.11. The molecule has 0 N–H and O–H groups in total. The number of rotatable bonds is 5. The van der Waals surface area contributed by atoms with Crippen molar-refractivity contribution in [3.63, 3.8) is 0 Å². The van der Waals surface area contributed by atoms with Crippen molar-refractivity contribution in [2.45, 2.75) is 0 Å². The van der Waals surface area contributed by atoms with Crippen molar-refractivity contribution in [3.8, 4) is 56.7 Å². The smallest absolute Gasteiger partial charge is 0.160 e. The molecular weight excluding hydrogens is 540 g/mol. The van der Waals surface area contributed by atoms with Gasteiger partial charge in [0.1, 0.15) is 0 Å². The number of benzene rings is 5. The maximum absolute atomic E-state index is 5.08. The number of nitrogens with zero attached hydrogens (tertiary/aromatic N) is 6. The Morgan fingerprint density at radius 3 is 1.30 bits per heavy atom. The fourth-order valence-electron chi connectivity index (χ4n) is 5.75. The number of fused-ring (bicyclic) bond motifs is 2. The molecule has 44 heavy (non-hydrogen) atoms. The average molecular weight is 565 g/mol. The molecule has 0 aliphatic carbocycles. The number of aromatic nitrogens is 6. The van der Waals surface area contributed by atoms with Gasteiger partial charge in [-0.05, 0) is 45.8 Å². The maximum Gasteiger partial charge on any atom is 0.160 e. The molecule has 8 rings (SSSR count). The lowest BCUT2D eigenvalue weighted by Gasteiger charge is -2.16. The molecule has 0 amide bonds. The highest BCUT2D eigenvalue weighted by molar-refractivity contribution is 6.20. The largest absolute Gasteiger partial charge is 0.237 e. The van der Waals surface area contributed by atoms with Crippen molar-refractivity contribution < 1.29 is 0 Å². The lowest BCUT2D eigenvalue weighted by Crippen LogP contribution is -1.98. The summed E-state index contributed by atoms with van der Waals surface area (Å²) in [5.74, 6) is 1.95. The quantitative estimate of drug-likeness (QED) is 0.195. The predicted octanol–water partition coefficient (Wildman–Crippen LogP) is 8.70. The molecule has 0 spiro atoms. The van der Waals surface area contributed by atoms with Crippen LogP contribution >= 0.6 is 0 Å². The maximum atomic E-state index is 5.08. The molecule has 206 valence electrons. The second-order valence-corrected chi connectivity index (χ2v) is 10.4. The van der Waals surface area contributed by atoms with Gasteiger partial charge in [-0.15, -0.1) is 0 Å². The van der Waals surface area contributed by atoms with Gasteiger partial charge in [-0.2, -0.15) is 0 Å². The molecule has 0 saturated carbocycles. The fraction of sp³-hybridized carbons (Fsp3) is 0. The predicted molar refractivity (Wildman–Crippen MR) is 175 cm³/mol. The zero-order chi connectivity index (χ0) is 29.3. The molecule has 0 atom stereocenters. The Balaban J connectivity index is 1.44. The van der Waals surface area contributed by atoms with Gasteiger partial charge in [0.05, 0.1) is 11.4 Å². The van der Waals surface area contributed by atoms with Crippen LogP contribution in [0.1, 0.15) is 0 Å². The number of hydrogen-bond donors (Lipinski definition) is 0. The van der Waals surface area contributed by atoms with Gasteiger partial charge in [0.25, 0.3) is 0 Å². The molecule has 0 aliphatic rings. The van der Waals surface area contributed by atoms with Crippen molar-refractivity contribution in [2.24, 2.45) is 0 Å². The van der Waals surface area contributed by atoms with Crippen LogP contribution in [-0.4, -0.2) is 29.9 Å². The van der Waals surface area contributed by atoms with Crippen molar-refractivity contribution >= 4 is 21.5 Å². The topological polar surface area (TPSA) is 77.3 Å². The third kappa shape index (κ3) is 4.55. The molecular formula is C38H24N6. The minimum Gasteiger partial charge on any atom is -0.237 e. The van der Waals surface area contributed by atoms with Gasteiger partial charge >= 0.3 is 0 Å². The minimum absolute atomic E-state index is 0.637. The molecule has 5 aromatic carbocycles. The van der Waals surface area contributed by atoms with E-state index in [4.69, 9.17) is 9.97 Å². The second-order valence-electron chi connectivity index (χ2n) is 10.4. The summed E-state index contributed by atoms with van der Waals surface area (Å²) in [6, 6.07) is 40.8. The van der Waals surface area contributed by atoms with Gasteiger partial charge in [-0.25, -0.2) is 29.9 Å². The van der Waals surface area contributed by atoms with Crippen molar-refractivity contribution in [3.05, 3.63) is 146 Å². The zero-order valence-corrected chi connectivity index (χ0v) is 23.5. The van der Waals surface area contributed by atoms with Crippen LogP contribution in [0.3, 0.4) is 0 Å². The summed E-state index contributed by atoms with van der Waals surface area (Å²) in [6.07, 6.45) is 7.11. The van der Waals surface area contributed by atoms with Crippen LogP contribution < -0.4 is 0 Å². The van der Waals surface area contributed by atoms with E-state index in [0.29, 0.717) is 17.5 Å². The molecule has 3 aromatic heterocycles. The summed E-state index contributed by atoms with van der Waals surface area (Å²) >= 11 is 0. The SMILES string of the molecule is c1ccc(-c2cc(-c3ccccc3)nc(-c3ccc4c(-c5ncccn5)c5ccccc5c(-c5ncccn5)c4c3)n2)cc1. The Labute approximate surface area is 253 Å². The first kappa shape index (κ1) is 25.6. The van der Waals surface area contributed by atoms with Crippen LogP contribution in [0.4, 0.5) is 0 Å². The summed E-state index contributed by atoms with van der Waals surface area (Å²) in [5, 5.41) is 4.04. The first-order valence-corrected chi connectivity index (χ1v) is 14.4. The summed E-state index contributed by atoms with van der Waals surface area (Å²) < 4.78 is 0. The van der Waals surface area contributed by atoms with Gasteiger partial charge in [-0.1, -0.05) is 97.1 Å². The highest BCUT2D eigenvalue weighted by Crippen LogP contribution is 2.43. The lowest BCUT2D eigenvalue weighted by atomic mass is 9.89. The van der Waals surface area contributed by atoms with E-state index in [1.807, 2.05) is 60.7 Å². The lowest BCUT2D eigenvalue weighted by molar-refractivity contribution is 1.18. The van der Waals surface area contributed by atoms with Gasteiger partial charge < -0.3 is 0 Å². The molecule has 6 nitrogen and oxygen atoms in total. The van der Waals surface area contributed by atoms with Crippen molar-refractivity contribution in [1.29, 1.82) is 0 Å². The van der Waals surface area contributed by atoms with Gasteiger partial charge in [0.2, 0.25) is 0 Å². The molecule has 3 heterocycles. The molecule has 0 bridgehead atoms. The van der Waals surface area contributed by atoms with Crippen LogP contribution in [0.25, 0.3) is 78.2 Å². The first-order valence-electron chi connectivity index (χ1n) is 14.4. The Kier molecular flexibility index (Phi) is 6.35. The van der Waals surface area contributed by atoms with E-state index in [9.17, 15) is 0 Å². The molecule has 0 saturated heterocycles. The Morgan fingerprint density at radius 1 is 0.318 bits per heavy atom. The number of hydrogen-bond acceptors (Lipinski definition) is 6. The van der Waals surface area contributed by atoms with Crippen LogP contribution in [0.5, 0.6) is 0 Å². The molecule has 6 heteroatoms. The zero-order valence-electron chi connectivity index (χ0n) is 23.5. The fourth-order valence-corrected chi connectivity index (χ4v) is 5.75. The van der Waals surface area contributed by atoms with Gasteiger partial charge in [-0.3, -0.25) is 0 Å². The summed E-state index contributed by atoms with van der Waals surface area (Å²) in [6.45, 7) is 0. The first-order chi connectivity index (χ1) is 21.8. The Morgan fingerprint density at radius 2 is 0.773 bits per heavy atom. The third-order valence-electron chi connectivity index (χ3n) is 7.73. The van der Waals surface area contributed by atoms with E-state index in [2.05, 4.69) is 80.6 Å². The summed E-state index contributed by atoms with van der Waals surface area (Å²) in [7, 11) is 0. The normalized spacial score (nSPS) is 11.2. The van der Waals surface area contributed by atoms with Gasteiger partial charge in [0.15, 0.2) is 17.5 Å². The molecule has 0 fully saturated rings. The third-order valence-corrected chi connectivity index (χ3v) is 7.73. The molecule has 0 aliphatic heterocycles. The van der Waals surface area contributed by atoms with Crippen LogP contribution in [-0.2, 0) is 0 Å². The summed E-state index contributed by atoms with van der Waals surface area (Å²) in [5.41, 5.74) is 6.58. The van der Waals surface area contributed by atoms with E-state index in [0.717, 1.165) is 60.8 Å². The Hall–Kier alpha value is -6.14. The van der Waals surface area contributed by atoms with E-state index in [-0.39, 0.29) is 0 Å². The van der Waals surface area contributed by atoms with Crippen molar-refractivity contribution in [1.82, 2.24) is 29.9 Å². The highest BCUT2D eigenvalue weighted by Gasteiger charge is 2.20. The van der Waals surface area contributed by atoms with E-state index in [1.165, 1.54) is 0 Å². The Bertz CT molecular complexity index is 2200. The minimum atomic E-state index is 0.637. The van der Waals surface area contributed by atoms with Crippen LogP contribution in [0, 0.1) is 0 Å². The van der Waals surface area contributed by atoms with Crippen molar-refractivity contribution in [2.75, 3.05) is 0 Å². The molecule has 8 aromatic rings. The van der Waals surface area contributed by atoms with Crippen LogP contribution in [0.2, 0.25) is 0 Å². The summed E-state index contributed by atoms with van der Waals surface area (Å²) in [4.78, 5) is 28.9. The highest BCUT2D eigenvalue weighted by atomic mass is 14.9. The second kappa shape index (κ2) is 10.9. The van der Waals surface area contributed by atoms with Crippen LogP contribution in [0.15, 0.2) is 146 Å². The standard InChI is InChI=1S/C38H24N6/c1-3-11-25(12-4-1)32-24-33(26-13-5-2-6-14-26)44-36(43-32)27-17-18-30-31(23-27)35(38-41-21-10-22-42-38)29-16-8-7-15-28(29)34(30)37-39-19-9-20-40-37/h1-24H. The molecule has 0 radical (unpaired) electrons. The monoisotopic (exact) mass is 564 g/mol.